The standard InChI is InChI=1S/C19H32N4O4.HI/c1-7-20-17(21-11-12-22-18(24)27-19(3,4)5)23-14-9-10-15(26-8-2)16(13-14)25-6;/h9-10,13H,7-8,11-12H2,1-6H3,(H,22,24)(H2,20,21,23);1H. The van der Waals surface area contributed by atoms with E-state index in [1.807, 2.05) is 52.8 Å². The van der Waals surface area contributed by atoms with Crippen molar-refractivity contribution in [2.24, 2.45) is 4.99 Å². The number of alkyl carbamates (subject to hydrolysis) is 1. The van der Waals surface area contributed by atoms with Gasteiger partial charge >= 0.3 is 6.09 Å². The van der Waals surface area contributed by atoms with Crippen molar-refractivity contribution in [2.45, 2.75) is 40.2 Å². The Morgan fingerprint density at radius 3 is 2.43 bits per heavy atom. The minimum Gasteiger partial charge on any atom is -0.493 e. The Hall–Kier alpha value is -1.91. The molecule has 8 nitrogen and oxygen atoms in total. The van der Waals surface area contributed by atoms with Gasteiger partial charge < -0.3 is 30.2 Å². The van der Waals surface area contributed by atoms with Crippen molar-refractivity contribution in [1.29, 1.82) is 0 Å². The molecule has 1 rings (SSSR count). The highest BCUT2D eigenvalue weighted by molar-refractivity contribution is 14.0. The van der Waals surface area contributed by atoms with Crippen molar-refractivity contribution in [3.8, 4) is 11.5 Å². The van der Waals surface area contributed by atoms with Crippen LogP contribution in [0.4, 0.5) is 10.5 Å². The third-order valence-corrected chi connectivity index (χ3v) is 3.12. The molecule has 160 valence electrons. The number of benzene rings is 1. The molecule has 0 radical (unpaired) electrons. The van der Waals surface area contributed by atoms with Crippen LogP contribution in [0.1, 0.15) is 34.6 Å². The lowest BCUT2D eigenvalue weighted by Gasteiger charge is -2.19. The van der Waals surface area contributed by atoms with Crippen molar-refractivity contribution >= 4 is 41.7 Å². The molecule has 0 fully saturated rings. The Bertz CT molecular complexity index is 633. The first-order valence-electron chi connectivity index (χ1n) is 9.12. The van der Waals surface area contributed by atoms with Gasteiger partial charge in [0.05, 0.1) is 20.3 Å². The van der Waals surface area contributed by atoms with Crippen LogP contribution >= 0.6 is 24.0 Å². The van der Waals surface area contributed by atoms with E-state index >= 15 is 0 Å². The first-order chi connectivity index (χ1) is 12.8. The van der Waals surface area contributed by atoms with Crippen LogP contribution in [0.3, 0.4) is 0 Å². The van der Waals surface area contributed by atoms with Crippen molar-refractivity contribution in [3.05, 3.63) is 18.2 Å². The molecule has 0 aliphatic rings. The molecule has 0 unspecified atom stereocenters. The third-order valence-electron chi connectivity index (χ3n) is 3.12. The van der Waals surface area contributed by atoms with Crippen molar-refractivity contribution in [2.75, 3.05) is 38.7 Å². The Labute approximate surface area is 184 Å². The molecule has 0 aliphatic carbocycles. The van der Waals surface area contributed by atoms with Gasteiger partial charge in [-0.3, -0.25) is 4.99 Å². The van der Waals surface area contributed by atoms with E-state index in [-0.39, 0.29) is 24.0 Å². The van der Waals surface area contributed by atoms with Crippen molar-refractivity contribution < 1.29 is 19.0 Å². The normalized spacial score (nSPS) is 11.1. The third kappa shape index (κ3) is 10.4. The van der Waals surface area contributed by atoms with Gasteiger partial charge in [-0.1, -0.05) is 0 Å². The monoisotopic (exact) mass is 508 g/mol. The summed E-state index contributed by atoms with van der Waals surface area (Å²) in [6, 6.07) is 5.58. The lowest BCUT2D eigenvalue weighted by Crippen LogP contribution is -2.35. The van der Waals surface area contributed by atoms with Gasteiger partial charge in [-0.2, -0.15) is 0 Å². The molecular weight excluding hydrogens is 475 g/mol. The molecule has 0 bridgehead atoms. The quantitative estimate of drug-likeness (QED) is 0.215. The largest absolute Gasteiger partial charge is 0.493 e. The van der Waals surface area contributed by atoms with Crippen LogP contribution in [0.15, 0.2) is 23.2 Å². The highest BCUT2D eigenvalue weighted by atomic mass is 127. The molecule has 0 aliphatic heterocycles. The van der Waals surface area contributed by atoms with Crippen LogP contribution in [0, 0.1) is 0 Å². The second-order valence-corrected chi connectivity index (χ2v) is 6.61. The van der Waals surface area contributed by atoms with Crippen LogP contribution in [-0.4, -0.2) is 51.0 Å². The van der Waals surface area contributed by atoms with Gasteiger partial charge in [-0.05, 0) is 46.8 Å². The number of carbonyl (C=O) groups is 1. The Morgan fingerprint density at radius 1 is 1.14 bits per heavy atom. The highest BCUT2D eigenvalue weighted by Gasteiger charge is 2.15. The zero-order valence-corrected chi connectivity index (χ0v) is 19.9. The predicted molar refractivity (Wildman–Crippen MR) is 123 cm³/mol. The van der Waals surface area contributed by atoms with Crippen LogP contribution in [-0.2, 0) is 4.74 Å². The number of amides is 1. The molecule has 0 saturated heterocycles. The number of methoxy groups -OCH3 is 1. The minimum atomic E-state index is -0.517. The lowest BCUT2D eigenvalue weighted by molar-refractivity contribution is 0.0529. The predicted octanol–water partition coefficient (Wildman–Crippen LogP) is 3.61. The molecule has 0 aromatic heterocycles. The van der Waals surface area contributed by atoms with E-state index < -0.39 is 11.7 Å². The number of aliphatic imine (C=N–C) groups is 1. The molecule has 9 heteroatoms. The Balaban J connectivity index is 0.00000729. The van der Waals surface area contributed by atoms with E-state index in [1.54, 1.807) is 7.11 Å². The number of nitrogens with zero attached hydrogens (tertiary/aromatic N) is 1. The average Bonchev–Trinajstić information content (AvgIpc) is 2.58. The van der Waals surface area contributed by atoms with E-state index in [1.165, 1.54) is 0 Å². The summed E-state index contributed by atoms with van der Waals surface area (Å²) >= 11 is 0. The zero-order valence-electron chi connectivity index (χ0n) is 17.5. The highest BCUT2D eigenvalue weighted by Crippen LogP contribution is 2.30. The summed E-state index contributed by atoms with van der Waals surface area (Å²) in [6.45, 7) is 11.4. The van der Waals surface area contributed by atoms with Gasteiger partial charge in [0, 0.05) is 24.8 Å². The fraction of sp³-hybridized carbons (Fsp3) is 0.579. The number of guanidine groups is 1. The fourth-order valence-corrected chi connectivity index (χ4v) is 2.10. The van der Waals surface area contributed by atoms with E-state index in [4.69, 9.17) is 14.2 Å². The van der Waals surface area contributed by atoms with Crippen molar-refractivity contribution in [3.63, 3.8) is 0 Å². The number of carbonyl (C=O) groups excluding carboxylic acids is 1. The van der Waals surface area contributed by atoms with E-state index in [9.17, 15) is 4.79 Å². The molecule has 0 heterocycles. The summed E-state index contributed by atoms with van der Waals surface area (Å²) in [5.41, 5.74) is 0.298. The van der Waals surface area contributed by atoms with Gasteiger partial charge in [0.25, 0.3) is 0 Å². The average molecular weight is 508 g/mol. The number of halogens is 1. The molecule has 3 N–H and O–H groups in total. The first-order valence-corrected chi connectivity index (χ1v) is 9.12. The van der Waals surface area contributed by atoms with Gasteiger partial charge in [-0.25, -0.2) is 4.79 Å². The van der Waals surface area contributed by atoms with Crippen LogP contribution in [0.2, 0.25) is 0 Å². The summed E-state index contributed by atoms with van der Waals surface area (Å²) in [5, 5.41) is 9.05. The van der Waals surface area contributed by atoms with Gasteiger partial charge in [0.2, 0.25) is 0 Å². The first kappa shape index (κ1) is 26.1. The summed E-state index contributed by atoms with van der Waals surface area (Å²) in [6.07, 6.45) is -0.452. The van der Waals surface area contributed by atoms with Crippen LogP contribution in [0.5, 0.6) is 11.5 Å². The molecule has 1 aromatic carbocycles. The number of ether oxygens (including phenoxy) is 3. The van der Waals surface area contributed by atoms with Crippen LogP contribution in [0.25, 0.3) is 0 Å². The van der Waals surface area contributed by atoms with Crippen molar-refractivity contribution in [1.82, 2.24) is 10.6 Å². The SMILES string of the molecule is CCNC(=NCCNC(=O)OC(C)(C)C)Nc1ccc(OCC)c(OC)c1.I. The second kappa shape index (κ2) is 13.3. The molecule has 0 spiro atoms. The maximum atomic E-state index is 11.6. The molecule has 1 aromatic rings. The second-order valence-electron chi connectivity index (χ2n) is 6.61. The summed E-state index contributed by atoms with van der Waals surface area (Å²) in [7, 11) is 1.60. The Kier molecular flexibility index (Phi) is 12.4. The van der Waals surface area contributed by atoms with E-state index in [2.05, 4.69) is 20.9 Å². The zero-order chi connectivity index (χ0) is 20.3. The molecule has 0 atom stereocenters. The topological polar surface area (TPSA) is 93.2 Å². The summed E-state index contributed by atoms with van der Waals surface area (Å²) < 4.78 is 16.1. The number of hydrogen-bond donors (Lipinski definition) is 3. The van der Waals surface area contributed by atoms with Crippen LogP contribution < -0.4 is 25.4 Å². The fourth-order valence-electron chi connectivity index (χ4n) is 2.10. The van der Waals surface area contributed by atoms with Gasteiger partial charge in [-0.15, -0.1) is 24.0 Å². The number of rotatable bonds is 8. The lowest BCUT2D eigenvalue weighted by atomic mass is 10.2. The number of hydrogen-bond acceptors (Lipinski definition) is 5. The maximum absolute atomic E-state index is 11.6. The number of anilines is 1. The molecule has 0 saturated carbocycles. The molecule has 1 amide bonds. The maximum Gasteiger partial charge on any atom is 0.407 e. The molecule has 28 heavy (non-hydrogen) atoms. The molecular formula is C19H33IN4O4. The smallest absolute Gasteiger partial charge is 0.407 e. The van der Waals surface area contributed by atoms with E-state index in [0.29, 0.717) is 43.7 Å². The Morgan fingerprint density at radius 2 is 1.86 bits per heavy atom. The summed E-state index contributed by atoms with van der Waals surface area (Å²) in [4.78, 5) is 16.1. The van der Waals surface area contributed by atoms with Gasteiger partial charge in [0.15, 0.2) is 17.5 Å². The van der Waals surface area contributed by atoms with E-state index in [0.717, 1.165) is 5.69 Å². The van der Waals surface area contributed by atoms with Gasteiger partial charge in [0.1, 0.15) is 5.60 Å². The minimum absolute atomic E-state index is 0. The number of nitrogens with one attached hydrogen (secondary N) is 3. The summed E-state index contributed by atoms with van der Waals surface area (Å²) in [5.74, 6) is 1.94.